The Bertz CT molecular complexity index is 1930. The van der Waals surface area contributed by atoms with Crippen LogP contribution in [0.1, 0.15) is 11.1 Å². The average molecular weight is 687 g/mol. The highest BCUT2D eigenvalue weighted by molar-refractivity contribution is 7.88. The summed E-state index contributed by atoms with van der Waals surface area (Å²) in [5, 5.41) is 10.7. The van der Waals surface area contributed by atoms with E-state index in [4.69, 9.17) is 8.37 Å². The second kappa shape index (κ2) is 15.2. The molecule has 0 aliphatic carbocycles. The summed E-state index contributed by atoms with van der Waals surface area (Å²) in [6.07, 6.45) is 0. The summed E-state index contributed by atoms with van der Waals surface area (Å²) in [5.41, 5.74) is 2.64. The van der Waals surface area contributed by atoms with Gasteiger partial charge in [-0.1, -0.05) is 66.7 Å². The smallest absolute Gasteiger partial charge is 0.339 e. The molecule has 0 aliphatic rings. The molecular weight excluding hydrogens is 657 g/mol. The number of amides is 4. The van der Waals surface area contributed by atoms with Crippen molar-refractivity contribution in [3.05, 3.63) is 145 Å². The summed E-state index contributed by atoms with van der Waals surface area (Å²) in [5.74, 6) is -0.116. The highest BCUT2D eigenvalue weighted by Crippen LogP contribution is 2.25. The van der Waals surface area contributed by atoms with Gasteiger partial charge in [-0.3, -0.25) is 0 Å². The molecule has 0 aromatic heterocycles. The predicted molar refractivity (Wildman–Crippen MR) is 180 cm³/mol. The lowest BCUT2D eigenvalue weighted by atomic mass is 10.2. The molecule has 0 saturated carbocycles. The highest BCUT2D eigenvalue weighted by atomic mass is 32.2. The molecule has 48 heavy (non-hydrogen) atoms. The Balaban J connectivity index is 1.15. The molecule has 5 aromatic carbocycles. The van der Waals surface area contributed by atoms with E-state index in [1.807, 2.05) is 60.7 Å². The number of hydrogen-bond acceptors (Lipinski definition) is 8. The fraction of sp³-hybridized carbons (Fsp3) is 0.0588. The van der Waals surface area contributed by atoms with Crippen LogP contribution in [0.5, 0.6) is 11.5 Å². The zero-order valence-corrected chi connectivity index (χ0v) is 26.8. The van der Waals surface area contributed by atoms with Gasteiger partial charge in [0.2, 0.25) is 0 Å². The largest absolute Gasteiger partial charge is 0.379 e. The normalized spacial score (nSPS) is 11.2. The molecule has 0 radical (unpaired) electrons. The van der Waals surface area contributed by atoms with Crippen LogP contribution in [0.15, 0.2) is 143 Å². The van der Waals surface area contributed by atoms with Crippen molar-refractivity contribution in [2.45, 2.75) is 22.9 Å². The van der Waals surface area contributed by atoms with Crippen molar-refractivity contribution in [1.29, 1.82) is 0 Å². The van der Waals surface area contributed by atoms with Crippen LogP contribution in [0.25, 0.3) is 0 Å². The van der Waals surface area contributed by atoms with Gasteiger partial charge in [-0.2, -0.15) is 16.8 Å². The van der Waals surface area contributed by atoms with Gasteiger partial charge in [0.05, 0.1) is 0 Å². The van der Waals surface area contributed by atoms with E-state index in [-0.39, 0.29) is 11.5 Å². The zero-order chi connectivity index (χ0) is 34.0. The number of nitrogens with one attached hydrogen (secondary N) is 4. The Morgan fingerprint density at radius 3 is 1.23 bits per heavy atom. The SMILES string of the molecule is O=C(NCc1ccccc1)Nc1ccc(OS(=O)(=O)c2cccc(S(=O)(=O)Oc3ccc(NC(=O)NCc4ccccc4)cc3)c2)cc1. The van der Waals surface area contributed by atoms with Gasteiger partial charge in [-0.25, -0.2) is 9.59 Å². The van der Waals surface area contributed by atoms with Crippen LogP contribution in [-0.4, -0.2) is 28.9 Å². The van der Waals surface area contributed by atoms with Crippen LogP contribution >= 0.6 is 0 Å². The van der Waals surface area contributed by atoms with Gasteiger partial charge in [0.1, 0.15) is 21.3 Å². The minimum atomic E-state index is -4.45. The first-order valence-corrected chi connectivity index (χ1v) is 17.2. The van der Waals surface area contributed by atoms with Crippen LogP contribution in [0.2, 0.25) is 0 Å². The lowest BCUT2D eigenvalue weighted by Crippen LogP contribution is -2.28. The molecule has 5 aromatic rings. The van der Waals surface area contributed by atoms with Crippen LogP contribution in [0, 0.1) is 0 Å². The lowest BCUT2D eigenvalue weighted by molar-refractivity contribution is 0.251. The molecule has 0 aliphatic heterocycles. The van der Waals surface area contributed by atoms with Crippen molar-refractivity contribution < 1.29 is 34.8 Å². The zero-order valence-electron chi connectivity index (χ0n) is 25.2. The van der Waals surface area contributed by atoms with Crippen molar-refractivity contribution in [3.8, 4) is 11.5 Å². The van der Waals surface area contributed by atoms with E-state index in [0.717, 1.165) is 17.2 Å². The van der Waals surface area contributed by atoms with Crippen LogP contribution in [-0.2, 0) is 33.3 Å². The van der Waals surface area contributed by atoms with Crippen molar-refractivity contribution in [1.82, 2.24) is 10.6 Å². The Kier molecular flexibility index (Phi) is 10.6. The first-order chi connectivity index (χ1) is 23.1. The number of carbonyl (C=O) groups is 2. The number of rotatable bonds is 12. The molecule has 0 saturated heterocycles. The van der Waals surface area contributed by atoms with Crippen molar-refractivity contribution >= 4 is 43.7 Å². The summed E-state index contributed by atoms with van der Waals surface area (Å²) in [6.45, 7) is 0.650. The molecule has 0 bridgehead atoms. The second-order valence-electron chi connectivity index (χ2n) is 10.2. The van der Waals surface area contributed by atoms with Gasteiger partial charge in [-0.05, 0) is 77.9 Å². The third-order valence-electron chi connectivity index (χ3n) is 6.61. The number of hydrogen-bond donors (Lipinski definition) is 4. The van der Waals surface area contributed by atoms with E-state index in [0.29, 0.717) is 24.5 Å². The second-order valence-corrected chi connectivity index (χ2v) is 13.3. The Labute approximate surface area is 278 Å². The van der Waals surface area contributed by atoms with Crippen molar-refractivity contribution in [3.63, 3.8) is 0 Å². The highest BCUT2D eigenvalue weighted by Gasteiger charge is 2.23. The van der Waals surface area contributed by atoms with E-state index in [1.165, 1.54) is 66.7 Å². The molecule has 5 rings (SSSR count). The molecule has 14 heteroatoms. The predicted octanol–water partition coefficient (Wildman–Crippen LogP) is 5.87. The number of carbonyl (C=O) groups excluding carboxylic acids is 2. The van der Waals surface area contributed by atoms with Gasteiger partial charge in [-0.15, -0.1) is 0 Å². The van der Waals surface area contributed by atoms with Crippen molar-refractivity contribution in [2.75, 3.05) is 10.6 Å². The molecule has 4 N–H and O–H groups in total. The first-order valence-electron chi connectivity index (χ1n) is 14.4. The van der Waals surface area contributed by atoms with E-state index in [2.05, 4.69) is 21.3 Å². The van der Waals surface area contributed by atoms with Gasteiger partial charge < -0.3 is 29.6 Å². The van der Waals surface area contributed by atoms with Crippen LogP contribution in [0.4, 0.5) is 21.0 Å². The van der Waals surface area contributed by atoms with E-state index >= 15 is 0 Å². The fourth-order valence-corrected chi connectivity index (χ4v) is 6.26. The quantitative estimate of drug-likeness (QED) is 0.118. The minimum Gasteiger partial charge on any atom is -0.379 e. The monoisotopic (exact) mass is 686 g/mol. The summed E-state index contributed by atoms with van der Waals surface area (Å²) in [4.78, 5) is 23.6. The van der Waals surface area contributed by atoms with E-state index in [9.17, 15) is 26.4 Å². The fourth-order valence-electron chi connectivity index (χ4n) is 4.23. The first kappa shape index (κ1) is 33.5. The third-order valence-corrected chi connectivity index (χ3v) is 9.10. The average Bonchev–Trinajstić information content (AvgIpc) is 3.09. The molecule has 246 valence electrons. The van der Waals surface area contributed by atoms with Gasteiger partial charge in [0.25, 0.3) is 0 Å². The Hall–Kier alpha value is -5.86. The summed E-state index contributed by atoms with van der Waals surface area (Å²) < 4.78 is 62.4. The summed E-state index contributed by atoms with van der Waals surface area (Å²) >= 11 is 0. The molecule has 0 spiro atoms. The minimum absolute atomic E-state index is 0.0581. The van der Waals surface area contributed by atoms with Gasteiger partial charge >= 0.3 is 32.3 Å². The lowest BCUT2D eigenvalue weighted by Gasteiger charge is -2.11. The molecule has 12 nitrogen and oxygen atoms in total. The standard InChI is InChI=1S/C34H30N4O8S2/c39-33(35-23-25-8-3-1-4-9-25)37-27-14-18-29(19-15-27)45-47(41,42)31-12-7-13-32(22-31)48(43,44)46-30-20-16-28(17-21-30)38-34(40)36-24-26-10-5-2-6-11-26/h1-22H,23-24H2,(H2,35,37,39)(H2,36,38,40). The molecule has 0 fully saturated rings. The molecule has 4 amide bonds. The van der Waals surface area contributed by atoms with Crippen molar-refractivity contribution in [2.24, 2.45) is 0 Å². The van der Waals surface area contributed by atoms with Crippen LogP contribution < -0.4 is 29.6 Å². The Morgan fingerprint density at radius 2 is 0.854 bits per heavy atom. The van der Waals surface area contributed by atoms with Crippen LogP contribution in [0.3, 0.4) is 0 Å². The molecule has 0 atom stereocenters. The maximum Gasteiger partial charge on any atom is 0.339 e. The van der Waals surface area contributed by atoms with E-state index < -0.39 is 42.1 Å². The maximum atomic E-state index is 13.0. The summed E-state index contributed by atoms with van der Waals surface area (Å²) in [7, 11) is -8.90. The number of anilines is 2. The van der Waals surface area contributed by atoms with Gasteiger partial charge in [0.15, 0.2) is 0 Å². The maximum absolute atomic E-state index is 13.0. The Morgan fingerprint density at radius 1 is 0.479 bits per heavy atom. The van der Waals surface area contributed by atoms with E-state index in [1.54, 1.807) is 0 Å². The number of urea groups is 2. The topological polar surface area (TPSA) is 169 Å². The van der Waals surface area contributed by atoms with Gasteiger partial charge in [0, 0.05) is 24.5 Å². The molecular formula is C34H30N4O8S2. The number of benzene rings is 5. The summed E-state index contributed by atoms with van der Waals surface area (Å²) in [6, 6.07) is 33.6. The third kappa shape index (κ3) is 9.57. The molecule has 0 unspecified atom stereocenters. The molecule has 0 heterocycles.